The summed E-state index contributed by atoms with van der Waals surface area (Å²) in [6.45, 7) is 2.78. The number of carbonyl (C=O) groups is 4. The van der Waals surface area contributed by atoms with Crippen LogP contribution in [0, 0.1) is 17.8 Å². The maximum absolute atomic E-state index is 13.7. The average Bonchev–Trinajstić information content (AvgIpc) is 3.58. The molecule has 12 nitrogen and oxygen atoms in total. The lowest BCUT2D eigenvalue weighted by Gasteiger charge is -2.44. The zero-order chi connectivity index (χ0) is 34.6. The van der Waals surface area contributed by atoms with Crippen molar-refractivity contribution in [2.24, 2.45) is 17.8 Å². The Balaban J connectivity index is 0.000000771. The van der Waals surface area contributed by atoms with E-state index in [2.05, 4.69) is 20.8 Å². The van der Waals surface area contributed by atoms with Gasteiger partial charge in [-0.1, -0.05) is 55.8 Å². The molecule has 2 heterocycles. The highest BCUT2D eigenvalue weighted by atomic mass is 35.5. The Morgan fingerprint density at radius 3 is 2.49 bits per heavy atom. The van der Waals surface area contributed by atoms with Gasteiger partial charge in [0.25, 0.3) is 6.33 Å². The SMILES string of the molecule is CCC(CCCNC(=O)C1C(C2CCCCC2)CCCN1C(=O)/C=C/c1cc(Cl)ccc1-[n+]1cnn[nH]1)C(=O)O.O=C([O-])C(F)(F)F. The quantitative estimate of drug-likeness (QED) is 0.184. The largest absolute Gasteiger partial charge is 0.542 e. The number of nitrogens with zero attached hydrogens (tertiary/aromatic N) is 4. The molecule has 1 aliphatic carbocycles. The maximum atomic E-state index is 13.7. The van der Waals surface area contributed by atoms with Gasteiger partial charge in [0.15, 0.2) is 5.21 Å². The molecule has 1 aromatic carbocycles. The topological polar surface area (TPSA) is 172 Å². The van der Waals surface area contributed by atoms with Gasteiger partial charge in [0.2, 0.25) is 11.8 Å². The summed E-state index contributed by atoms with van der Waals surface area (Å²) in [6.07, 6.45) is 8.74. The Kier molecular flexibility index (Phi) is 14.2. The number of amides is 2. The second-order valence-corrected chi connectivity index (χ2v) is 12.1. The van der Waals surface area contributed by atoms with Crippen LogP contribution in [0.25, 0.3) is 11.8 Å². The lowest BCUT2D eigenvalue weighted by atomic mass is 9.72. The number of tetrazole rings is 1. The Morgan fingerprint density at radius 2 is 1.89 bits per heavy atom. The molecule has 2 aromatic rings. The number of halogens is 4. The zero-order valence-electron chi connectivity index (χ0n) is 26.0. The maximum Gasteiger partial charge on any atom is 0.430 e. The Bertz CT molecular complexity index is 1380. The number of piperidine rings is 1. The number of aliphatic carboxylic acids is 2. The highest BCUT2D eigenvalue weighted by molar-refractivity contribution is 6.30. The highest BCUT2D eigenvalue weighted by Gasteiger charge is 2.42. The number of benzene rings is 1. The molecule has 1 saturated heterocycles. The van der Waals surface area contributed by atoms with E-state index in [0.29, 0.717) is 48.9 Å². The average molecular weight is 685 g/mol. The molecule has 3 atom stereocenters. The number of aromatic amines is 1. The molecular formula is C31H40ClF3N6O6. The van der Waals surface area contributed by atoms with Crippen molar-refractivity contribution in [1.82, 2.24) is 25.7 Å². The molecule has 2 aliphatic rings. The van der Waals surface area contributed by atoms with Crippen molar-refractivity contribution in [2.75, 3.05) is 13.1 Å². The molecular weight excluding hydrogens is 645 g/mol. The fourth-order valence-corrected chi connectivity index (χ4v) is 6.44. The number of carboxylic acid groups (broad SMARTS) is 2. The van der Waals surface area contributed by atoms with E-state index in [1.807, 2.05) is 13.0 Å². The second-order valence-electron chi connectivity index (χ2n) is 11.7. The molecule has 0 spiro atoms. The first-order chi connectivity index (χ1) is 22.3. The van der Waals surface area contributed by atoms with E-state index in [0.717, 1.165) is 44.2 Å². The van der Waals surface area contributed by atoms with E-state index in [-0.39, 0.29) is 17.7 Å². The lowest BCUT2D eigenvalue weighted by Crippen LogP contribution is -2.57. The van der Waals surface area contributed by atoms with Gasteiger partial charge in [-0.05, 0) is 68.2 Å². The van der Waals surface area contributed by atoms with Crippen molar-refractivity contribution in [1.29, 1.82) is 0 Å². The van der Waals surface area contributed by atoms with Crippen LogP contribution in [0.5, 0.6) is 0 Å². The summed E-state index contributed by atoms with van der Waals surface area (Å²) in [5.74, 6) is -4.03. The van der Waals surface area contributed by atoms with Crippen LogP contribution >= 0.6 is 11.6 Å². The van der Waals surface area contributed by atoms with Crippen LogP contribution in [0.4, 0.5) is 13.2 Å². The van der Waals surface area contributed by atoms with Crippen molar-refractivity contribution < 1.29 is 47.2 Å². The van der Waals surface area contributed by atoms with Gasteiger partial charge in [-0.15, -0.1) is 4.68 Å². The minimum atomic E-state index is -5.19. The molecule has 1 saturated carbocycles. The van der Waals surface area contributed by atoms with E-state index in [1.165, 1.54) is 18.8 Å². The summed E-state index contributed by atoms with van der Waals surface area (Å²) >= 11 is 6.25. The normalized spacial score (nSPS) is 19.5. The number of carbonyl (C=O) groups excluding carboxylic acids is 3. The molecule has 1 aliphatic heterocycles. The Morgan fingerprint density at radius 1 is 1.19 bits per heavy atom. The fraction of sp³-hybridized carbons (Fsp3) is 0.581. The van der Waals surface area contributed by atoms with Crippen molar-refractivity contribution >= 4 is 41.4 Å². The van der Waals surface area contributed by atoms with Crippen molar-refractivity contribution in [3.05, 3.63) is 41.2 Å². The number of carboxylic acids is 2. The fourth-order valence-electron chi connectivity index (χ4n) is 6.26. The van der Waals surface area contributed by atoms with Gasteiger partial charge < -0.3 is 25.2 Å². The van der Waals surface area contributed by atoms with Gasteiger partial charge in [-0.25, -0.2) is 0 Å². The number of alkyl halides is 3. The number of nitrogens with one attached hydrogen (secondary N) is 2. The van der Waals surface area contributed by atoms with Gasteiger partial charge in [0.05, 0.1) is 5.92 Å². The van der Waals surface area contributed by atoms with Gasteiger partial charge in [-0.2, -0.15) is 13.2 Å². The molecule has 1 aromatic heterocycles. The number of hydrogen-bond acceptors (Lipinski definition) is 7. The molecule has 0 bridgehead atoms. The van der Waals surface area contributed by atoms with Crippen molar-refractivity contribution in [2.45, 2.75) is 83.4 Å². The summed E-state index contributed by atoms with van der Waals surface area (Å²) in [5.41, 5.74) is 1.45. The van der Waals surface area contributed by atoms with Gasteiger partial charge in [0.1, 0.15) is 22.8 Å². The number of rotatable bonds is 11. The Labute approximate surface area is 275 Å². The first kappa shape index (κ1) is 37.4. The summed E-state index contributed by atoms with van der Waals surface area (Å²) in [6, 6.07) is 4.79. The van der Waals surface area contributed by atoms with E-state index >= 15 is 0 Å². The molecule has 2 fully saturated rings. The summed E-state index contributed by atoms with van der Waals surface area (Å²) < 4.78 is 33.2. The van der Waals surface area contributed by atoms with E-state index in [4.69, 9.17) is 21.5 Å². The molecule has 4 rings (SSSR count). The van der Waals surface area contributed by atoms with Crippen LogP contribution in [-0.2, 0) is 19.2 Å². The number of aromatic nitrogens is 4. The summed E-state index contributed by atoms with van der Waals surface area (Å²) in [7, 11) is 0. The molecule has 16 heteroatoms. The number of likely N-dealkylation sites (tertiary alicyclic amines) is 1. The molecule has 0 radical (unpaired) electrons. The zero-order valence-corrected chi connectivity index (χ0v) is 26.8. The molecule has 258 valence electrons. The Hall–Kier alpha value is -4.01. The second kappa shape index (κ2) is 17.8. The van der Waals surface area contributed by atoms with Crippen LogP contribution in [-0.4, -0.2) is 74.6 Å². The highest BCUT2D eigenvalue weighted by Crippen LogP contribution is 2.38. The van der Waals surface area contributed by atoms with Crippen LogP contribution in [0.3, 0.4) is 0 Å². The third kappa shape index (κ3) is 11.0. The summed E-state index contributed by atoms with van der Waals surface area (Å²) in [5, 5.41) is 32.0. The monoisotopic (exact) mass is 684 g/mol. The van der Waals surface area contributed by atoms with E-state index in [1.54, 1.807) is 27.8 Å². The van der Waals surface area contributed by atoms with Gasteiger partial charge >= 0.3 is 12.1 Å². The standard InChI is InChI=1S/C29H39ClN6O4.C2HF3O2/c1-2-20(29(39)40)10-6-16-31-28(38)27-24(21-8-4-3-5-9-21)11-7-17-35(27)26(37)15-12-22-18-23(30)13-14-25(22)36-19-32-33-34-36;3-2(4,5)1(6)7/h12-15,18-21,24,27H,2-11,16-17H2,1H3,(H2,31,38,39,40);(H,6,7)/b15-12+;. The van der Waals surface area contributed by atoms with Crippen LogP contribution < -0.4 is 15.1 Å². The first-order valence-electron chi connectivity index (χ1n) is 15.7. The van der Waals surface area contributed by atoms with E-state index < -0.39 is 30.1 Å². The third-order valence-electron chi connectivity index (χ3n) is 8.62. The van der Waals surface area contributed by atoms with Gasteiger partial charge in [0, 0.05) is 29.8 Å². The minimum Gasteiger partial charge on any atom is -0.542 e. The van der Waals surface area contributed by atoms with Crippen molar-refractivity contribution in [3.63, 3.8) is 0 Å². The predicted molar refractivity (Wildman–Crippen MR) is 161 cm³/mol. The van der Waals surface area contributed by atoms with Crippen LogP contribution in [0.1, 0.15) is 76.7 Å². The van der Waals surface area contributed by atoms with Gasteiger partial charge in [-0.3, -0.25) is 14.4 Å². The minimum absolute atomic E-state index is 0.113. The predicted octanol–water partition coefficient (Wildman–Crippen LogP) is 3.24. The van der Waals surface area contributed by atoms with Crippen LogP contribution in [0.15, 0.2) is 30.6 Å². The van der Waals surface area contributed by atoms with Crippen LogP contribution in [0.2, 0.25) is 5.02 Å². The molecule has 2 amide bonds. The summed E-state index contributed by atoms with van der Waals surface area (Å²) in [4.78, 5) is 49.2. The molecule has 47 heavy (non-hydrogen) atoms. The number of hydrogen-bond donors (Lipinski definition) is 3. The van der Waals surface area contributed by atoms with E-state index in [9.17, 15) is 32.7 Å². The van der Waals surface area contributed by atoms with Crippen molar-refractivity contribution in [3.8, 4) is 5.69 Å². The smallest absolute Gasteiger partial charge is 0.430 e. The number of H-pyrrole nitrogens is 1. The molecule has 3 unspecified atom stereocenters. The third-order valence-corrected chi connectivity index (χ3v) is 8.85. The molecule has 3 N–H and O–H groups in total. The first-order valence-corrected chi connectivity index (χ1v) is 16.1. The lowest BCUT2D eigenvalue weighted by molar-refractivity contribution is -0.660.